The normalized spacial score (nSPS) is 18.2. The Morgan fingerprint density at radius 3 is 2.58 bits per heavy atom. The van der Waals surface area contributed by atoms with E-state index in [-0.39, 0.29) is 6.79 Å². The van der Waals surface area contributed by atoms with Gasteiger partial charge in [0.25, 0.3) is 5.91 Å². The number of fused-ring (bicyclic) bond motifs is 2. The molecule has 3 aromatic carbocycles. The van der Waals surface area contributed by atoms with Crippen LogP contribution in [-0.4, -0.2) is 49.2 Å². The third kappa shape index (κ3) is 4.11. The highest BCUT2D eigenvalue weighted by Gasteiger charge is 2.49. The molecule has 0 saturated carbocycles. The number of nitrogens with zero attached hydrogens (tertiary/aromatic N) is 1. The van der Waals surface area contributed by atoms with E-state index in [1.54, 1.807) is 50.4 Å². The lowest BCUT2D eigenvalue weighted by Crippen LogP contribution is -2.45. The molecule has 0 aromatic heterocycles. The van der Waals surface area contributed by atoms with Gasteiger partial charge in [-0.2, -0.15) is 0 Å². The fourth-order valence-electron chi connectivity index (χ4n) is 4.14. The second-order valence-corrected chi connectivity index (χ2v) is 8.44. The summed E-state index contributed by atoms with van der Waals surface area (Å²) < 4.78 is 15.7. The van der Waals surface area contributed by atoms with Crippen LogP contribution in [0.1, 0.15) is 12.5 Å². The van der Waals surface area contributed by atoms with Gasteiger partial charge in [0.2, 0.25) is 12.7 Å². The summed E-state index contributed by atoms with van der Waals surface area (Å²) in [4.78, 5) is 51.3. The molecule has 0 spiro atoms. The van der Waals surface area contributed by atoms with E-state index in [0.717, 1.165) is 15.7 Å². The van der Waals surface area contributed by atoms with E-state index >= 15 is 0 Å². The van der Waals surface area contributed by atoms with Gasteiger partial charge in [0, 0.05) is 11.8 Å². The number of ether oxygens (including phenoxy) is 3. The van der Waals surface area contributed by atoms with Gasteiger partial charge in [-0.25, -0.2) is 9.59 Å². The van der Waals surface area contributed by atoms with Crippen LogP contribution in [0.25, 0.3) is 10.8 Å². The number of nitrogens with one attached hydrogen (secondary N) is 3. The van der Waals surface area contributed by atoms with Gasteiger partial charge < -0.3 is 24.8 Å². The number of rotatable bonds is 5. The zero-order chi connectivity index (χ0) is 25.4. The maximum Gasteiger partial charge on any atom is 0.325 e. The molecule has 6 amide bonds. The summed E-state index contributed by atoms with van der Waals surface area (Å²) in [6.07, 6.45) is 0. The zero-order valence-corrected chi connectivity index (χ0v) is 19.4. The first kappa shape index (κ1) is 23.0. The average molecular weight is 490 g/mol. The third-order valence-electron chi connectivity index (χ3n) is 6.08. The van der Waals surface area contributed by atoms with Crippen molar-refractivity contribution in [1.82, 2.24) is 15.5 Å². The van der Waals surface area contributed by atoms with Gasteiger partial charge in [0.05, 0.1) is 7.11 Å². The lowest BCUT2D eigenvalue weighted by Gasteiger charge is -2.22. The number of methoxy groups -OCH3 is 1. The van der Waals surface area contributed by atoms with E-state index < -0.39 is 36.0 Å². The van der Waals surface area contributed by atoms with Gasteiger partial charge >= 0.3 is 12.1 Å². The van der Waals surface area contributed by atoms with Crippen LogP contribution >= 0.6 is 0 Å². The Bertz CT molecular complexity index is 1420. The smallest absolute Gasteiger partial charge is 0.325 e. The van der Waals surface area contributed by atoms with Crippen molar-refractivity contribution in [2.45, 2.75) is 12.5 Å². The maximum atomic E-state index is 13.2. The number of imide groups is 2. The molecular formula is C25H22N4O7. The van der Waals surface area contributed by atoms with Crippen molar-refractivity contribution in [3.05, 3.63) is 60.2 Å². The van der Waals surface area contributed by atoms with Gasteiger partial charge in [0.15, 0.2) is 11.5 Å². The van der Waals surface area contributed by atoms with Crippen LogP contribution in [0.5, 0.6) is 17.2 Å². The number of anilines is 1. The minimum atomic E-state index is -1.37. The SMILES string of the molecule is COc1ccc2cc(C3(C)NC(=O)N(CC(=O)NC(=O)Nc4ccc5c(c4)OCO5)C3=O)ccc2c1. The maximum absolute atomic E-state index is 13.2. The summed E-state index contributed by atoms with van der Waals surface area (Å²) in [6.45, 7) is 1.03. The summed E-state index contributed by atoms with van der Waals surface area (Å²) in [5.74, 6) is 0.278. The van der Waals surface area contributed by atoms with Crippen molar-refractivity contribution in [3.63, 3.8) is 0 Å². The Morgan fingerprint density at radius 2 is 1.78 bits per heavy atom. The van der Waals surface area contributed by atoms with E-state index in [1.807, 2.05) is 18.2 Å². The minimum Gasteiger partial charge on any atom is -0.497 e. The van der Waals surface area contributed by atoms with Gasteiger partial charge in [-0.05, 0) is 53.6 Å². The fraction of sp³-hybridized carbons (Fsp3) is 0.200. The first-order chi connectivity index (χ1) is 17.3. The van der Waals surface area contributed by atoms with Crippen LogP contribution in [-0.2, 0) is 15.1 Å². The van der Waals surface area contributed by atoms with Crippen LogP contribution in [0, 0.1) is 0 Å². The Hall–Kier alpha value is -4.80. The van der Waals surface area contributed by atoms with Gasteiger partial charge in [-0.15, -0.1) is 0 Å². The third-order valence-corrected chi connectivity index (χ3v) is 6.08. The highest BCUT2D eigenvalue weighted by Crippen LogP contribution is 2.34. The van der Waals surface area contributed by atoms with Crippen molar-refractivity contribution in [2.75, 3.05) is 25.8 Å². The summed E-state index contributed by atoms with van der Waals surface area (Å²) >= 11 is 0. The number of carbonyl (C=O) groups excluding carboxylic acids is 4. The Labute approximate surface area is 205 Å². The number of hydrogen-bond acceptors (Lipinski definition) is 7. The van der Waals surface area contributed by atoms with Crippen LogP contribution in [0.4, 0.5) is 15.3 Å². The lowest BCUT2D eigenvalue weighted by atomic mass is 9.90. The molecule has 0 radical (unpaired) electrons. The topological polar surface area (TPSA) is 135 Å². The number of benzene rings is 3. The van der Waals surface area contributed by atoms with E-state index in [4.69, 9.17) is 14.2 Å². The molecule has 1 saturated heterocycles. The molecule has 2 aliphatic heterocycles. The standard InChI is InChI=1S/C25H22N4O7/c1-25(16-5-3-15-10-18(34-2)7-4-14(15)9-16)22(31)29(24(33)28-25)12-21(30)27-23(32)26-17-6-8-19-20(11-17)36-13-35-19/h3-11H,12-13H2,1-2H3,(H,28,33)(H2,26,27,30,32). The second kappa shape index (κ2) is 8.77. The summed E-state index contributed by atoms with van der Waals surface area (Å²) in [5, 5.41) is 9.04. The van der Waals surface area contributed by atoms with Crippen molar-refractivity contribution in [2.24, 2.45) is 0 Å². The molecule has 11 heteroatoms. The molecule has 3 N–H and O–H groups in total. The molecule has 0 aliphatic carbocycles. The average Bonchev–Trinajstić information content (AvgIpc) is 3.41. The molecule has 184 valence electrons. The van der Waals surface area contributed by atoms with E-state index in [2.05, 4.69) is 16.0 Å². The summed E-state index contributed by atoms with van der Waals surface area (Å²) in [7, 11) is 1.58. The Kier molecular flexibility index (Phi) is 5.59. The number of hydrogen-bond donors (Lipinski definition) is 3. The van der Waals surface area contributed by atoms with E-state index in [0.29, 0.717) is 28.5 Å². The Morgan fingerprint density at radius 1 is 1.03 bits per heavy atom. The largest absolute Gasteiger partial charge is 0.497 e. The second-order valence-electron chi connectivity index (χ2n) is 8.44. The minimum absolute atomic E-state index is 0.0856. The molecule has 2 heterocycles. The number of amides is 6. The van der Waals surface area contributed by atoms with E-state index in [9.17, 15) is 19.2 Å². The monoisotopic (exact) mass is 490 g/mol. The van der Waals surface area contributed by atoms with Gasteiger partial charge in [0.1, 0.15) is 17.8 Å². The van der Waals surface area contributed by atoms with Crippen LogP contribution in [0.15, 0.2) is 54.6 Å². The molecule has 11 nitrogen and oxygen atoms in total. The zero-order valence-electron chi connectivity index (χ0n) is 19.4. The lowest BCUT2D eigenvalue weighted by molar-refractivity contribution is -0.134. The summed E-state index contributed by atoms with van der Waals surface area (Å²) in [5.41, 5.74) is -0.441. The fourth-order valence-corrected chi connectivity index (χ4v) is 4.14. The predicted octanol–water partition coefficient (Wildman–Crippen LogP) is 2.69. The Balaban J connectivity index is 1.25. The van der Waals surface area contributed by atoms with Crippen LogP contribution in [0.2, 0.25) is 0 Å². The van der Waals surface area contributed by atoms with E-state index in [1.165, 1.54) is 0 Å². The number of carbonyl (C=O) groups is 4. The molecule has 1 atom stereocenters. The van der Waals surface area contributed by atoms with Crippen LogP contribution in [0.3, 0.4) is 0 Å². The molecule has 36 heavy (non-hydrogen) atoms. The molecule has 5 rings (SSSR count). The van der Waals surface area contributed by atoms with Crippen molar-refractivity contribution < 1.29 is 33.4 Å². The molecule has 3 aromatic rings. The molecular weight excluding hydrogens is 468 g/mol. The first-order valence-electron chi connectivity index (χ1n) is 11.0. The first-order valence-corrected chi connectivity index (χ1v) is 11.0. The van der Waals surface area contributed by atoms with Crippen molar-refractivity contribution >= 4 is 40.3 Å². The van der Waals surface area contributed by atoms with Crippen molar-refractivity contribution in [1.29, 1.82) is 0 Å². The molecule has 1 unspecified atom stereocenters. The summed E-state index contributed by atoms with van der Waals surface area (Å²) in [6, 6.07) is 14.1. The molecule has 2 aliphatic rings. The van der Waals surface area contributed by atoms with Gasteiger partial charge in [-0.1, -0.05) is 18.2 Å². The highest BCUT2D eigenvalue weighted by molar-refractivity contribution is 6.11. The predicted molar refractivity (Wildman–Crippen MR) is 128 cm³/mol. The quantitative estimate of drug-likeness (QED) is 0.468. The van der Waals surface area contributed by atoms with Crippen molar-refractivity contribution in [3.8, 4) is 17.2 Å². The molecule has 1 fully saturated rings. The highest BCUT2D eigenvalue weighted by atomic mass is 16.7. The van der Waals surface area contributed by atoms with Gasteiger partial charge in [-0.3, -0.25) is 19.8 Å². The van der Waals surface area contributed by atoms with Crippen LogP contribution < -0.4 is 30.2 Å². The number of urea groups is 2. The molecule has 0 bridgehead atoms.